The molecule has 0 aliphatic heterocycles. The van der Waals surface area contributed by atoms with Gasteiger partial charge in [0.1, 0.15) is 0 Å². The van der Waals surface area contributed by atoms with Gasteiger partial charge in [-0.05, 0) is 32.9 Å². The van der Waals surface area contributed by atoms with Gasteiger partial charge in [0.2, 0.25) is 0 Å². The van der Waals surface area contributed by atoms with Crippen molar-refractivity contribution in [1.82, 2.24) is 0 Å². The van der Waals surface area contributed by atoms with Gasteiger partial charge in [-0.2, -0.15) is 0 Å². The van der Waals surface area contributed by atoms with Crippen molar-refractivity contribution >= 4 is 11.6 Å². The lowest BCUT2D eigenvalue weighted by atomic mass is 9.98. The number of hydrogen-bond acceptors (Lipinski definition) is 2. The molecule has 0 heterocycles. The number of carbonyl (C=O) groups is 2. The molecule has 126 valence electrons. The first-order valence-corrected chi connectivity index (χ1v) is 8.18. The molecule has 25 heavy (non-hydrogen) atoms. The molecule has 0 unspecified atom stereocenters. The zero-order valence-electron chi connectivity index (χ0n) is 14.9. The van der Waals surface area contributed by atoms with Gasteiger partial charge in [0.15, 0.2) is 11.6 Å². The minimum absolute atomic E-state index is 0.0506. The van der Waals surface area contributed by atoms with Crippen LogP contribution in [0.2, 0.25) is 0 Å². The first-order chi connectivity index (χ1) is 11.9. The minimum atomic E-state index is -0.140. The van der Waals surface area contributed by atoms with E-state index in [1.165, 1.54) is 0 Å². The van der Waals surface area contributed by atoms with Crippen LogP contribution < -0.4 is 0 Å². The van der Waals surface area contributed by atoms with Crippen molar-refractivity contribution in [3.63, 3.8) is 0 Å². The van der Waals surface area contributed by atoms with Crippen LogP contribution >= 0.6 is 0 Å². The highest BCUT2D eigenvalue weighted by Gasteiger charge is 2.12. The van der Waals surface area contributed by atoms with E-state index in [1.807, 2.05) is 51.1 Å². The van der Waals surface area contributed by atoms with Crippen LogP contribution in [0, 0.1) is 6.92 Å². The first kappa shape index (κ1) is 18.3. The smallest absolute Gasteiger partial charge is 0.193 e. The predicted octanol–water partition coefficient (Wildman–Crippen LogP) is 5.49. The van der Waals surface area contributed by atoms with Crippen molar-refractivity contribution in [1.29, 1.82) is 0 Å². The number of hydrogen-bond donors (Lipinski definition) is 0. The molecule has 0 N–H and O–H groups in total. The predicted molar refractivity (Wildman–Crippen MR) is 103 cm³/mol. The number of aryl methyl sites for hydroxylation is 1. The maximum Gasteiger partial charge on any atom is 0.193 e. The average molecular weight is 330 g/mol. The van der Waals surface area contributed by atoms with Gasteiger partial charge in [0, 0.05) is 22.3 Å². The standard InChI is InChI=1S/C23H22O2/c1-5-7-16(2)14-18(4)22(24)19-10-12-20(13-11-19)23(25)21-9-6-8-17(3)15-21/h5-15H,4H2,1-3H3/b7-5-,16-14-. The van der Waals surface area contributed by atoms with Gasteiger partial charge in [-0.1, -0.05) is 72.3 Å². The van der Waals surface area contributed by atoms with Crippen LogP contribution in [-0.2, 0) is 0 Å². The van der Waals surface area contributed by atoms with Crippen LogP contribution in [0.3, 0.4) is 0 Å². The van der Waals surface area contributed by atoms with Gasteiger partial charge in [-0.15, -0.1) is 0 Å². The van der Waals surface area contributed by atoms with Gasteiger partial charge >= 0.3 is 0 Å². The average Bonchev–Trinajstić information content (AvgIpc) is 2.60. The van der Waals surface area contributed by atoms with Crippen LogP contribution in [0.4, 0.5) is 0 Å². The molecule has 0 amide bonds. The molecule has 0 aromatic heterocycles. The molecule has 0 bridgehead atoms. The van der Waals surface area contributed by atoms with Gasteiger partial charge in [0.25, 0.3) is 0 Å². The molecule has 0 aliphatic rings. The summed E-state index contributed by atoms with van der Waals surface area (Å²) >= 11 is 0. The number of ketones is 2. The van der Waals surface area contributed by atoms with Crippen molar-refractivity contribution in [2.75, 3.05) is 0 Å². The van der Waals surface area contributed by atoms with Crippen LogP contribution in [0.1, 0.15) is 45.7 Å². The number of benzene rings is 2. The Bertz CT molecular complexity index is 865. The monoisotopic (exact) mass is 330 g/mol. The summed E-state index contributed by atoms with van der Waals surface area (Å²) in [4.78, 5) is 24.9. The van der Waals surface area contributed by atoms with Gasteiger partial charge in [0.05, 0.1) is 0 Å². The lowest BCUT2D eigenvalue weighted by Gasteiger charge is -2.05. The molecule has 2 heteroatoms. The molecule has 0 saturated carbocycles. The summed E-state index contributed by atoms with van der Waals surface area (Å²) in [5.41, 5.74) is 4.16. The van der Waals surface area contributed by atoms with Crippen molar-refractivity contribution in [3.05, 3.63) is 107 Å². The summed E-state index contributed by atoms with van der Waals surface area (Å²) in [5.74, 6) is -0.191. The Morgan fingerprint density at radius 1 is 0.960 bits per heavy atom. The molecule has 0 spiro atoms. The van der Waals surface area contributed by atoms with Crippen molar-refractivity contribution in [2.24, 2.45) is 0 Å². The lowest BCUT2D eigenvalue weighted by Crippen LogP contribution is -2.04. The highest BCUT2D eigenvalue weighted by atomic mass is 16.1. The molecule has 2 nitrogen and oxygen atoms in total. The third-order valence-electron chi connectivity index (χ3n) is 3.81. The largest absolute Gasteiger partial charge is 0.289 e. The fraction of sp³-hybridized carbons (Fsp3) is 0.130. The van der Waals surface area contributed by atoms with Crippen molar-refractivity contribution in [2.45, 2.75) is 20.8 Å². The summed E-state index contributed by atoms with van der Waals surface area (Å²) in [7, 11) is 0. The topological polar surface area (TPSA) is 34.1 Å². The Balaban J connectivity index is 2.19. The van der Waals surface area contributed by atoms with E-state index in [1.54, 1.807) is 36.4 Å². The summed E-state index contributed by atoms with van der Waals surface area (Å²) in [6.45, 7) is 9.63. The molecular formula is C23H22O2. The van der Waals surface area contributed by atoms with E-state index in [4.69, 9.17) is 0 Å². The Kier molecular flexibility index (Phi) is 6.02. The third kappa shape index (κ3) is 4.74. The maximum atomic E-state index is 12.5. The van der Waals surface area contributed by atoms with Gasteiger partial charge in [-0.3, -0.25) is 9.59 Å². The van der Waals surface area contributed by atoms with Crippen LogP contribution in [0.5, 0.6) is 0 Å². The summed E-state index contributed by atoms with van der Waals surface area (Å²) < 4.78 is 0. The SMILES string of the molecule is C=C(/C=C(C)\C=C/C)C(=O)c1ccc(C(=O)c2cccc(C)c2)cc1. The van der Waals surface area contributed by atoms with Gasteiger partial charge in [-0.25, -0.2) is 0 Å². The second-order valence-corrected chi connectivity index (χ2v) is 6.02. The molecule has 2 aromatic carbocycles. The molecular weight excluding hydrogens is 308 g/mol. The van der Waals surface area contributed by atoms with Gasteiger partial charge < -0.3 is 0 Å². The second-order valence-electron chi connectivity index (χ2n) is 6.02. The van der Waals surface area contributed by atoms with E-state index in [0.29, 0.717) is 22.3 Å². The van der Waals surface area contributed by atoms with Crippen LogP contribution in [0.25, 0.3) is 0 Å². The molecule has 0 aliphatic carbocycles. The fourth-order valence-corrected chi connectivity index (χ4v) is 2.56. The minimum Gasteiger partial charge on any atom is -0.289 e. The lowest BCUT2D eigenvalue weighted by molar-refractivity contribution is 0.102. The van der Waals surface area contributed by atoms with Crippen molar-refractivity contribution < 1.29 is 9.59 Å². The normalized spacial score (nSPS) is 11.6. The van der Waals surface area contributed by atoms with E-state index in [0.717, 1.165) is 11.1 Å². The Morgan fingerprint density at radius 2 is 1.60 bits per heavy atom. The van der Waals surface area contributed by atoms with E-state index >= 15 is 0 Å². The third-order valence-corrected chi connectivity index (χ3v) is 3.81. The Labute approximate surface area is 149 Å². The molecule has 0 saturated heterocycles. The molecule has 0 atom stereocenters. The van der Waals surface area contributed by atoms with Crippen LogP contribution in [-0.4, -0.2) is 11.6 Å². The van der Waals surface area contributed by atoms with E-state index in [9.17, 15) is 9.59 Å². The molecule has 0 fully saturated rings. The van der Waals surface area contributed by atoms with E-state index in [2.05, 4.69) is 6.58 Å². The van der Waals surface area contributed by atoms with Crippen LogP contribution in [0.15, 0.2) is 84.5 Å². The van der Waals surface area contributed by atoms with E-state index in [-0.39, 0.29) is 11.6 Å². The molecule has 0 radical (unpaired) electrons. The quantitative estimate of drug-likeness (QED) is 0.399. The second kappa shape index (κ2) is 8.20. The number of Topliss-reactive ketones (excluding diaryl/α,β-unsaturated/α-hetero) is 1. The van der Waals surface area contributed by atoms with E-state index < -0.39 is 0 Å². The highest BCUT2D eigenvalue weighted by Crippen LogP contribution is 2.15. The zero-order valence-corrected chi connectivity index (χ0v) is 14.9. The Hall–Kier alpha value is -3.00. The number of allylic oxidation sites excluding steroid dienone is 5. The molecule has 2 rings (SSSR count). The first-order valence-electron chi connectivity index (χ1n) is 8.18. The van der Waals surface area contributed by atoms with Crippen molar-refractivity contribution in [3.8, 4) is 0 Å². The molecule has 2 aromatic rings. The highest BCUT2D eigenvalue weighted by molar-refractivity contribution is 6.12. The number of rotatable bonds is 6. The zero-order chi connectivity index (χ0) is 18.4. The summed E-state index contributed by atoms with van der Waals surface area (Å²) in [6.07, 6.45) is 5.59. The Morgan fingerprint density at radius 3 is 2.20 bits per heavy atom. The summed E-state index contributed by atoms with van der Waals surface area (Å²) in [6, 6.07) is 14.2. The summed E-state index contributed by atoms with van der Waals surface area (Å²) in [5, 5.41) is 0. The maximum absolute atomic E-state index is 12.5. The fourth-order valence-electron chi connectivity index (χ4n) is 2.56. The number of carbonyl (C=O) groups excluding carboxylic acids is 2.